The van der Waals surface area contributed by atoms with E-state index in [2.05, 4.69) is 5.10 Å². The molecule has 0 aliphatic carbocycles. The van der Waals surface area contributed by atoms with Crippen molar-refractivity contribution in [3.8, 4) is 0 Å². The van der Waals surface area contributed by atoms with Gasteiger partial charge in [-0.1, -0.05) is 30.3 Å². The fraction of sp³-hybridized carbons (Fsp3) is 0.261. The number of para-hydroxylation sites is 1. The molecule has 0 radical (unpaired) electrons. The summed E-state index contributed by atoms with van der Waals surface area (Å²) in [6.07, 6.45) is 2.71. The third-order valence-corrected chi connectivity index (χ3v) is 6.94. The van der Waals surface area contributed by atoms with Gasteiger partial charge in [0.1, 0.15) is 11.6 Å². The van der Waals surface area contributed by atoms with E-state index in [1.54, 1.807) is 40.5 Å². The van der Waals surface area contributed by atoms with E-state index < -0.39 is 11.5 Å². The first-order valence-corrected chi connectivity index (χ1v) is 11.3. The number of amides is 2. The van der Waals surface area contributed by atoms with Gasteiger partial charge in [0.25, 0.3) is 11.5 Å². The Bertz CT molecular complexity index is 1380. The molecule has 0 saturated carbocycles. The summed E-state index contributed by atoms with van der Waals surface area (Å²) in [5.41, 5.74) is 5.97. The van der Waals surface area contributed by atoms with Crippen molar-refractivity contribution in [3.05, 3.63) is 69.6 Å². The van der Waals surface area contributed by atoms with Crippen molar-refractivity contribution < 1.29 is 9.59 Å². The monoisotopic (exact) mass is 447 g/mol. The molecule has 0 bridgehead atoms. The molecule has 4 aromatic rings. The number of hydrogen-bond donors (Lipinski definition) is 1. The van der Waals surface area contributed by atoms with Gasteiger partial charge in [0.15, 0.2) is 5.69 Å². The summed E-state index contributed by atoms with van der Waals surface area (Å²) < 4.78 is 2.13. The highest BCUT2D eigenvalue weighted by Crippen LogP contribution is 2.35. The predicted molar refractivity (Wildman–Crippen MR) is 122 cm³/mol. The molecule has 1 fully saturated rings. The number of hydrogen-bond acceptors (Lipinski definition) is 6. The molecule has 0 spiro atoms. The molecule has 162 valence electrons. The zero-order chi connectivity index (χ0) is 22.2. The summed E-state index contributed by atoms with van der Waals surface area (Å²) in [5.74, 6) is -0.970. The third kappa shape index (κ3) is 3.54. The Kier molecular flexibility index (Phi) is 5.18. The molecular formula is C23H21N5O3S. The number of rotatable bonds is 4. The van der Waals surface area contributed by atoms with Gasteiger partial charge in [0.2, 0.25) is 5.91 Å². The minimum Gasteiger partial charge on any atom is -0.364 e. The van der Waals surface area contributed by atoms with Crippen molar-refractivity contribution in [2.45, 2.75) is 31.8 Å². The number of nitrogens with zero attached hydrogens (tertiary/aromatic N) is 4. The summed E-state index contributed by atoms with van der Waals surface area (Å²) in [7, 11) is 0. The number of fused-ring (bicyclic) bond motifs is 2. The normalized spacial score (nSPS) is 16.5. The molecule has 8 nitrogen and oxygen atoms in total. The first kappa shape index (κ1) is 20.3. The van der Waals surface area contributed by atoms with Crippen LogP contribution in [-0.2, 0) is 11.3 Å². The van der Waals surface area contributed by atoms with Crippen LogP contribution in [0, 0.1) is 0 Å². The van der Waals surface area contributed by atoms with E-state index >= 15 is 0 Å². The van der Waals surface area contributed by atoms with Crippen LogP contribution in [0.25, 0.3) is 21.0 Å². The summed E-state index contributed by atoms with van der Waals surface area (Å²) in [5, 5.41) is 5.73. The van der Waals surface area contributed by atoms with Gasteiger partial charge >= 0.3 is 0 Å². The Labute approximate surface area is 187 Å². The fourth-order valence-corrected chi connectivity index (χ4v) is 5.38. The van der Waals surface area contributed by atoms with Crippen molar-refractivity contribution in [2.24, 2.45) is 5.73 Å². The molecule has 3 heterocycles. The van der Waals surface area contributed by atoms with Crippen LogP contribution in [0.4, 0.5) is 0 Å². The summed E-state index contributed by atoms with van der Waals surface area (Å²) in [6, 6.07) is 14.4. The standard InChI is InChI=1S/C23H21N5O3S/c24-21(30)20-14-7-1-2-8-15(14)23(31)28(26-20)13-19(29)27-12-6-5-10-17(27)22-25-16-9-3-4-11-18(16)32-22/h1-4,7-9,11,17H,5-6,10,12-13H2,(H2,24,30)/t17-/m0/s1. The topological polar surface area (TPSA) is 111 Å². The Morgan fingerprint density at radius 3 is 2.59 bits per heavy atom. The molecule has 2 aromatic heterocycles. The van der Waals surface area contributed by atoms with Gasteiger partial charge in [-0.25, -0.2) is 9.67 Å². The van der Waals surface area contributed by atoms with E-state index in [4.69, 9.17) is 10.7 Å². The molecule has 1 saturated heterocycles. The average molecular weight is 448 g/mol. The molecule has 2 aromatic carbocycles. The van der Waals surface area contributed by atoms with Crippen LogP contribution in [-0.4, -0.2) is 38.0 Å². The number of benzene rings is 2. The Hall–Kier alpha value is -3.59. The van der Waals surface area contributed by atoms with Gasteiger partial charge in [-0.15, -0.1) is 11.3 Å². The van der Waals surface area contributed by atoms with E-state index in [9.17, 15) is 14.4 Å². The lowest BCUT2D eigenvalue weighted by molar-refractivity contribution is -0.136. The highest BCUT2D eigenvalue weighted by Gasteiger charge is 2.31. The molecule has 2 N–H and O–H groups in total. The molecule has 1 aliphatic rings. The summed E-state index contributed by atoms with van der Waals surface area (Å²) in [6.45, 7) is 0.329. The molecule has 9 heteroatoms. The minimum atomic E-state index is -0.743. The summed E-state index contributed by atoms with van der Waals surface area (Å²) >= 11 is 1.59. The molecule has 1 atom stereocenters. The zero-order valence-corrected chi connectivity index (χ0v) is 18.0. The van der Waals surface area contributed by atoms with Gasteiger partial charge < -0.3 is 10.6 Å². The van der Waals surface area contributed by atoms with Crippen molar-refractivity contribution in [1.82, 2.24) is 19.7 Å². The number of carbonyl (C=O) groups is 2. The second kappa shape index (κ2) is 8.16. The highest BCUT2D eigenvalue weighted by atomic mass is 32.1. The third-order valence-electron chi connectivity index (χ3n) is 5.80. The van der Waals surface area contributed by atoms with Crippen LogP contribution in [0.5, 0.6) is 0 Å². The number of nitrogens with two attached hydrogens (primary N) is 1. The lowest BCUT2D eigenvalue weighted by atomic mass is 10.0. The number of primary amides is 1. The fourth-order valence-electron chi connectivity index (χ4n) is 4.26. The first-order chi connectivity index (χ1) is 15.5. The number of likely N-dealkylation sites (tertiary alicyclic amines) is 1. The molecule has 0 unspecified atom stereocenters. The zero-order valence-electron chi connectivity index (χ0n) is 17.2. The number of aromatic nitrogens is 3. The lowest BCUT2D eigenvalue weighted by Crippen LogP contribution is -2.42. The van der Waals surface area contributed by atoms with Crippen molar-refractivity contribution in [3.63, 3.8) is 0 Å². The van der Waals surface area contributed by atoms with Gasteiger partial charge in [0, 0.05) is 11.9 Å². The molecule has 5 rings (SSSR count). The van der Waals surface area contributed by atoms with Gasteiger partial charge in [-0.2, -0.15) is 5.10 Å². The van der Waals surface area contributed by atoms with E-state index in [0.29, 0.717) is 17.3 Å². The second-order valence-corrected chi connectivity index (χ2v) is 8.90. The van der Waals surface area contributed by atoms with E-state index in [1.807, 2.05) is 24.3 Å². The van der Waals surface area contributed by atoms with Gasteiger partial charge in [-0.05, 0) is 37.5 Å². The number of piperidine rings is 1. The van der Waals surface area contributed by atoms with Crippen LogP contribution in [0.15, 0.2) is 53.3 Å². The maximum Gasteiger partial charge on any atom is 0.275 e. The van der Waals surface area contributed by atoms with Crippen LogP contribution in [0.2, 0.25) is 0 Å². The van der Waals surface area contributed by atoms with E-state index in [0.717, 1.165) is 39.2 Å². The van der Waals surface area contributed by atoms with Gasteiger partial charge in [-0.3, -0.25) is 14.4 Å². The Morgan fingerprint density at radius 2 is 1.81 bits per heavy atom. The largest absolute Gasteiger partial charge is 0.364 e. The quantitative estimate of drug-likeness (QED) is 0.517. The second-order valence-electron chi connectivity index (χ2n) is 7.84. The van der Waals surface area contributed by atoms with Crippen molar-refractivity contribution in [1.29, 1.82) is 0 Å². The lowest BCUT2D eigenvalue weighted by Gasteiger charge is -2.34. The van der Waals surface area contributed by atoms with Crippen molar-refractivity contribution >= 4 is 44.1 Å². The SMILES string of the molecule is NC(=O)c1nn(CC(=O)N2CCCC[C@H]2c2nc3ccccc3s2)c(=O)c2ccccc12. The first-order valence-electron chi connectivity index (χ1n) is 10.5. The smallest absolute Gasteiger partial charge is 0.275 e. The maximum absolute atomic E-state index is 13.3. The predicted octanol–water partition coefficient (Wildman–Crippen LogP) is 2.86. The Morgan fingerprint density at radius 1 is 1.06 bits per heavy atom. The van der Waals surface area contributed by atoms with Crippen LogP contribution in [0.3, 0.4) is 0 Å². The minimum absolute atomic E-state index is 0.0191. The van der Waals surface area contributed by atoms with Gasteiger partial charge in [0.05, 0.1) is 21.6 Å². The highest BCUT2D eigenvalue weighted by molar-refractivity contribution is 7.18. The Balaban J connectivity index is 1.49. The van der Waals surface area contributed by atoms with E-state index in [1.165, 1.54) is 0 Å². The van der Waals surface area contributed by atoms with Crippen molar-refractivity contribution in [2.75, 3.05) is 6.54 Å². The average Bonchev–Trinajstić information content (AvgIpc) is 3.25. The molecular weight excluding hydrogens is 426 g/mol. The number of carbonyl (C=O) groups excluding carboxylic acids is 2. The van der Waals surface area contributed by atoms with E-state index in [-0.39, 0.29) is 24.2 Å². The molecule has 32 heavy (non-hydrogen) atoms. The number of thiazole rings is 1. The summed E-state index contributed by atoms with van der Waals surface area (Å²) in [4.78, 5) is 44.7. The van der Waals surface area contributed by atoms with Crippen LogP contribution < -0.4 is 11.3 Å². The van der Waals surface area contributed by atoms with Crippen LogP contribution >= 0.6 is 11.3 Å². The maximum atomic E-state index is 13.3. The molecule has 1 aliphatic heterocycles. The molecule has 2 amide bonds. The van der Waals surface area contributed by atoms with Crippen LogP contribution in [0.1, 0.15) is 40.8 Å².